The van der Waals surface area contributed by atoms with Crippen molar-refractivity contribution in [2.45, 2.75) is 115 Å². The highest BCUT2D eigenvalue weighted by Gasteiger charge is 2.26. The molecule has 10 N–H and O–H groups in total. The molecule has 576 valence electrons. The number of nitriles is 3. The normalized spacial score (nSPS) is 12.1. The first-order valence-corrected chi connectivity index (χ1v) is 37.9. The van der Waals surface area contributed by atoms with Gasteiger partial charge in [-0.3, -0.25) is 28.1 Å². The Morgan fingerprint density at radius 3 is 1.23 bits per heavy atom. The van der Waals surface area contributed by atoms with E-state index in [1.54, 1.807) is 12.1 Å². The number of benzene rings is 3. The summed E-state index contributed by atoms with van der Waals surface area (Å²) in [5.74, 6) is -0.957. The fourth-order valence-electron chi connectivity index (χ4n) is 9.67. The summed E-state index contributed by atoms with van der Waals surface area (Å²) in [6.07, 6.45) is 4.26. The molecule has 0 aliphatic heterocycles. The van der Waals surface area contributed by atoms with E-state index in [9.17, 15) is 70.7 Å². The Balaban J connectivity index is 0.000000337. The topological polar surface area (TPSA) is 529 Å². The minimum absolute atomic E-state index is 0.00223. The zero-order valence-corrected chi connectivity index (χ0v) is 62.3. The molecule has 0 radical (unpaired) electrons. The van der Waals surface area contributed by atoms with Crippen molar-refractivity contribution >= 4 is 64.2 Å². The van der Waals surface area contributed by atoms with Gasteiger partial charge in [0.05, 0.1) is 96.4 Å². The van der Waals surface area contributed by atoms with Gasteiger partial charge in [0.15, 0.2) is 17.1 Å². The van der Waals surface area contributed by atoms with Gasteiger partial charge in [0.1, 0.15) is 56.1 Å². The molecule has 35 nitrogen and oxygen atoms in total. The van der Waals surface area contributed by atoms with E-state index in [0.29, 0.717) is 12.1 Å². The van der Waals surface area contributed by atoms with E-state index >= 15 is 0 Å². The molecule has 0 aliphatic carbocycles. The first kappa shape index (κ1) is 89.0. The van der Waals surface area contributed by atoms with Gasteiger partial charge in [-0.05, 0) is 94.0 Å². The zero-order chi connectivity index (χ0) is 78.6. The average molecular weight is 1530 g/mol. The smallest absolute Gasteiger partial charge is 0.281 e. The molecule has 0 aliphatic rings. The maximum Gasteiger partial charge on any atom is 0.281 e. The number of hydrogen-bond acceptors (Lipinski definition) is 29. The summed E-state index contributed by atoms with van der Waals surface area (Å²) in [5.41, 5.74) is -2.02. The van der Waals surface area contributed by atoms with Crippen molar-refractivity contribution in [3.8, 4) is 35.8 Å². The molecule has 6 rings (SSSR count). The summed E-state index contributed by atoms with van der Waals surface area (Å²) < 4.78 is 106. The number of aliphatic hydroxyl groups excluding tert-OH is 4. The number of azo groups is 3. The number of aliphatic hydroxyl groups is 4. The van der Waals surface area contributed by atoms with Crippen molar-refractivity contribution in [2.24, 2.45) is 42.5 Å². The van der Waals surface area contributed by atoms with Crippen molar-refractivity contribution in [3.63, 3.8) is 0 Å². The van der Waals surface area contributed by atoms with E-state index in [2.05, 4.69) is 51.8 Å². The minimum Gasteiger partial charge on any atom is -0.493 e. The van der Waals surface area contributed by atoms with Gasteiger partial charge in [-0.2, -0.15) is 20.9 Å². The van der Waals surface area contributed by atoms with Gasteiger partial charge in [0.2, 0.25) is 47.7 Å². The van der Waals surface area contributed by atoms with Gasteiger partial charge < -0.3 is 54.7 Å². The summed E-state index contributed by atoms with van der Waals surface area (Å²) in [6.45, 7) is 12.6. The van der Waals surface area contributed by atoms with Crippen LogP contribution in [-0.2, 0) is 68.7 Å². The largest absolute Gasteiger partial charge is 0.493 e. The third kappa shape index (κ3) is 26.0. The van der Waals surface area contributed by atoms with E-state index in [1.807, 2.05) is 39.0 Å². The molecule has 38 heteroatoms. The lowest BCUT2D eigenvalue weighted by Crippen LogP contribution is -2.27. The highest BCUT2D eigenvalue weighted by atomic mass is 32.2. The Morgan fingerprint density at radius 2 is 0.840 bits per heavy atom. The van der Waals surface area contributed by atoms with E-state index in [0.717, 1.165) is 39.4 Å². The first-order valence-electron chi connectivity index (χ1n) is 33.5. The molecule has 0 saturated heterocycles. The van der Waals surface area contributed by atoms with Crippen molar-refractivity contribution < 1.29 is 79.9 Å². The number of hydrogen-bond donors (Lipinski definition) is 10. The van der Waals surface area contributed by atoms with Crippen LogP contribution in [-0.4, -0.2) is 174 Å². The summed E-state index contributed by atoms with van der Waals surface area (Å²) in [4.78, 5) is 38.8. The van der Waals surface area contributed by atoms with Crippen LogP contribution in [0.3, 0.4) is 0 Å². The predicted octanol–water partition coefficient (Wildman–Crippen LogP) is 6.58. The van der Waals surface area contributed by atoms with Crippen LogP contribution < -0.4 is 30.8 Å². The lowest BCUT2D eigenvalue weighted by Gasteiger charge is -2.19. The summed E-state index contributed by atoms with van der Waals surface area (Å²) in [7, 11) is -11.7. The third-order valence-corrected chi connectivity index (χ3v) is 20.0. The van der Waals surface area contributed by atoms with E-state index in [-0.39, 0.29) is 207 Å². The molecule has 6 aromatic rings. The van der Waals surface area contributed by atoms with Crippen LogP contribution in [0.4, 0.5) is 34.1 Å². The number of rotatable bonds is 41. The average Bonchev–Trinajstić information content (AvgIpc) is 0.791. The maximum atomic E-state index is 13.3. The Labute approximate surface area is 614 Å². The molecule has 1 unspecified atom stereocenters. The van der Waals surface area contributed by atoms with Crippen LogP contribution in [0.25, 0.3) is 0 Å². The summed E-state index contributed by atoms with van der Waals surface area (Å²) >= 11 is 0. The molecule has 3 heterocycles. The van der Waals surface area contributed by atoms with Crippen molar-refractivity contribution in [1.29, 1.82) is 15.8 Å². The van der Waals surface area contributed by atoms with Gasteiger partial charge in [-0.15, -0.1) is 25.6 Å². The molecule has 3 aromatic carbocycles. The van der Waals surface area contributed by atoms with Gasteiger partial charge in [0, 0.05) is 49.4 Å². The van der Waals surface area contributed by atoms with E-state index < -0.39 is 64.4 Å². The number of aromatic nitrogens is 3. The highest BCUT2D eigenvalue weighted by molar-refractivity contribution is 7.90. The standard InChI is InChI=1S/C25H35N5O6S.C22H29N5O6S.C21H27N5O8S/c1-4-6-9-19(5-2)17-30-24(32)20(16-26)18(3)23(25(30)33)29-28-21-10-7-8-11-22(21)37(34,35)27-12-14-36-15-13-31;1-15(2)8-10-27-21(29)19(14-23)16(3)20(22(27)30)26-25-17-4-6-18(7-5-17)34(31,32)24-9-12-33-13-11-28;1-15-16(14-22)20(29)26(7-11-34-13-9-28)21(30)19(15)25-24-17-4-2-3-5-18(17)35(31,32)23-6-10-33-12-8-27/h7-8,10-11,19,27,31-32H,4-6,9,12-15,17H2,1-3H3;4-7,15,24,28-29H,8-13H2,1-3H3;2-5,23,27-29H,6-13H2,1H3. The minimum atomic E-state index is -4.01. The zero-order valence-electron chi connectivity index (χ0n) is 59.9. The van der Waals surface area contributed by atoms with Gasteiger partial charge in [-0.25, -0.2) is 39.4 Å². The number of aromatic hydroxyl groups is 3. The molecule has 0 fully saturated rings. The Kier molecular flexibility index (Phi) is 37.9. The fraction of sp³-hybridized carbons (Fsp3) is 0.471. The van der Waals surface area contributed by atoms with E-state index in [4.69, 9.17) is 39.4 Å². The number of nitrogens with zero attached hydrogens (tertiary/aromatic N) is 12. The second kappa shape index (κ2) is 45.2. The van der Waals surface area contributed by atoms with Crippen LogP contribution in [0.5, 0.6) is 17.6 Å². The number of sulfonamides is 3. The van der Waals surface area contributed by atoms with Gasteiger partial charge in [0.25, 0.3) is 16.7 Å². The molecule has 0 saturated carbocycles. The maximum absolute atomic E-state index is 13.3. The monoisotopic (exact) mass is 1530 g/mol. The Bertz CT molecular complexity index is 4660. The van der Waals surface area contributed by atoms with Gasteiger partial charge >= 0.3 is 0 Å². The molecule has 0 bridgehead atoms. The molecule has 1 atom stereocenters. The van der Waals surface area contributed by atoms with Crippen LogP contribution in [0.2, 0.25) is 0 Å². The summed E-state index contributed by atoms with van der Waals surface area (Å²) in [5, 5.41) is 119. The highest BCUT2D eigenvalue weighted by Crippen LogP contribution is 2.33. The molecular formula is C68H91N15O20S3. The number of pyridine rings is 3. The summed E-state index contributed by atoms with van der Waals surface area (Å²) in [6, 6.07) is 22.9. The van der Waals surface area contributed by atoms with Crippen LogP contribution in [0.1, 0.15) is 93.2 Å². The van der Waals surface area contributed by atoms with Crippen LogP contribution in [0.15, 0.2) is 133 Å². The molecule has 3 aromatic heterocycles. The number of nitrogens with one attached hydrogen (secondary N) is 3. The second-order valence-corrected chi connectivity index (χ2v) is 28.6. The van der Waals surface area contributed by atoms with Gasteiger partial charge in [-0.1, -0.05) is 71.2 Å². The third-order valence-electron chi connectivity index (χ3n) is 15.5. The Hall–Kier alpha value is -9.41. The molecule has 0 amide bonds. The SMILES string of the molecule is CCCCC(CC)Cn1c(O)c(C#N)c(C)c(N=Nc2ccccc2S(=O)(=O)NCCOCCO)c1=O.Cc1c(C#N)c(O)n(CCC(C)C)c(=O)c1N=Nc1ccc(S(=O)(=O)NCCOCCO)cc1.Cc1c(C#N)c(O)n(CCOCCO)c(=O)c1N=Nc1ccccc1S(=O)(=O)NCCOCCO. The quantitative estimate of drug-likeness (QED) is 0.0143. The molecular weight excluding hydrogens is 1440 g/mol. The van der Waals surface area contributed by atoms with Crippen LogP contribution >= 0.6 is 0 Å². The van der Waals surface area contributed by atoms with Crippen LogP contribution in [0, 0.1) is 66.6 Å². The van der Waals surface area contributed by atoms with Crippen molar-refractivity contribution in [3.05, 3.63) is 137 Å². The Morgan fingerprint density at radius 1 is 0.472 bits per heavy atom. The molecule has 106 heavy (non-hydrogen) atoms. The second-order valence-electron chi connectivity index (χ2n) is 23.3. The lowest BCUT2D eigenvalue weighted by atomic mass is 9.99. The predicted molar refractivity (Wildman–Crippen MR) is 387 cm³/mol. The van der Waals surface area contributed by atoms with Crippen molar-refractivity contribution in [2.75, 3.05) is 98.9 Å². The number of unbranched alkanes of at least 4 members (excludes halogenated alkanes) is 1. The number of ether oxygens (including phenoxy) is 4. The molecule has 0 spiro atoms. The fourth-order valence-corrected chi connectivity index (χ4v) is 13.0. The lowest BCUT2D eigenvalue weighted by molar-refractivity contribution is 0.0854. The van der Waals surface area contributed by atoms with Crippen molar-refractivity contribution in [1.82, 2.24) is 27.9 Å². The van der Waals surface area contributed by atoms with E-state index in [1.165, 1.54) is 81.4 Å². The first-order chi connectivity index (χ1) is 50.6.